The quantitative estimate of drug-likeness (QED) is 0.168. The van der Waals surface area contributed by atoms with Gasteiger partial charge >= 0.3 is 11.9 Å². The summed E-state index contributed by atoms with van der Waals surface area (Å²) < 4.78 is 22.6. The summed E-state index contributed by atoms with van der Waals surface area (Å²) in [6, 6.07) is 5.94. The molecule has 0 aromatic heterocycles. The van der Waals surface area contributed by atoms with Crippen LogP contribution in [0.15, 0.2) is 18.2 Å². The zero-order chi connectivity index (χ0) is 21.3. The topological polar surface area (TPSA) is 71.1 Å². The van der Waals surface area contributed by atoms with Crippen LogP contribution < -0.4 is 9.47 Å². The molecular weight excluding hydrogens is 487 g/mol. The van der Waals surface area contributed by atoms with Gasteiger partial charge in [-0.25, -0.2) is 0 Å². The summed E-state index contributed by atoms with van der Waals surface area (Å²) in [6.45, 7) is 5.19. The van der Waals surface area contributed by atoms with E-state index in [-0.39, 0.29) is 11.9 Å². The van der Waals surface area contributed by atoms with Crippen LogP contribution in [0.5, 0.6) is 11.5 Å². The number of carbonyl (C=O) groups excluding carboxylic acids is 2. The van der Waals surface area contributed by atoms with E-state index in [1.807, 2.05) is 18.2 Å². The van der Waals surface area contributed by atoms with Crippen molar-refractivity contribution in [2.75, 3.05) is 26.4 Å². The van der Waals surface area contributed by atoms with Gasteiger partial charge in [-0.15, -0.1) is 0 Å². The molecule has 6 nitrogen and oxygen atoms in total. The Morgan fingerprint density at radius 3 is 1.41 bits per heavy atom. The number of unbranched alkanes of at least 4 members (excludes halogenated alkanes) is 6. The molecule has 0 aliphatic rings. The van der Waals surface area contributed by atoms with Crippen LogP contribution in [-0.4, -0.2) is 38.4 Å². The first-order valence-corrected chi connectivity index (χ1v) is 11.4. The van der Waals surface area contributed by atoms with Crippen molar-refractivity contribution >= 4 is 34.5 Å². The monoisotopic (exact) mass is 520 g/mol. The molecule has 0 heterocycles. The van der Waals surface area contributed by atoms with E-state index in [9.17, 15) is 9.59 Å². The van der Waals surface area contributed by atoms with Crippen LogP contribution in [0.4, 0.5) is 0 Å². The highest BCUT2D eigenvalue weighted by atomic mass is 127. The molecule has 0 radical (unpaired) electrons. The predicted octanol–water partition coefficient (Wildman–Crippen LogP) is 5.30. The first kappa shape index (κ1) is 25.5. The number of hydrogen-bond donors (Lipinski definition) is 0. The van der Waals surface area contributed by atoms with Crippen LogP contribution in [0, 0.1) is 3.57 Å². The molecule has 1 rings (SSSR count). The Hall–Kier alpha value is -1.51. The summed E-state index contributed by atoms with van der Waals surface area (Å²) in [5.41, 5.74) is 0. The maximum absolute atomic E-state index is 10.7. The van der Waals surface area contributed by atoms with Crippen molar-refractivity contribution in [3.05, 3.63) is 21.8 Å². The predicted molar refractivity (Wildman–Crippen MR) is 120 cm³/mol. The number of esters is 2. The van der Waals surface area contributed by atoms with Crippen molar-refractivity contribution in [3.63, 3.8) is 0 Å². The lowest BCUT2D eigenvalue weighted by Crippen LogP contribution is -2.02. The minimum Gasteiger partial charge on any atom is -0.493 e. The van der Waals surface area contributed by atoms with Gasteiger partial charge in [0, 0.05) is 23.5 Å². The van der Waals surface area contributed by atoms with Gasteiger partial charge in [-0.2, -0.15) is 0 Å². The fraction of sp³-hybridized carbons (Fsp3) is 0.636. The van der Waals surface area contributed by atoms with E-state index in [1.165, 1.54) is 13.8 Å². The summed E-state index contributed by atoms with van der Waals surface area (Å²) in [6.07, 6.45) is 7.87. The van der Waals surface area contributed by atoms with Gasteiger partial charge in [0.1, 0.15) is 11.5 Å². The lowest BCUT2D eigenvalue weighted by atomic mass is 10.2. The van der Waals surface area contributed by atoms with Crippen molar-refractivity contribution in [2.24, 2.45) is 0 Å². The van der Waals surface area contributed by atoms with E-state index >= 15 is 0 Å². The molecular formula is C22H33IO6. The van der Waals surface area contributed by atoms with E-state index < -0.39 is 0 Å². The van der Waals surface area contributed by atoms with Crippen LogP contribution >= 0.6 is 22.6 Å². The smallest absolute Gasteiger partial charge is 0.302 e. The summed E-state index contributed by atoms with van der Waals surface area (Å²) in [5, 5.41) is 0. The molecule has 0 saturated carbocycles. The van der Waals surface area contributed by atoms with Gasteiger partial charge in [-0.3, -0.25) is 9.59 Å². The lowest BCUT2D eigenvalue weighted by Gasteiger charge is -2.11. The molecule has 7 heteroatoms. The van der Waals surface area contributed by atoms with Crippen LogP contribution in [0.3, 0.4) is 0 Å². The maximum atomic E-state index is 10.7. The Morgan fingerprint density at radius 1 is 0.655 bits per heavy atom. The number of halogens is 1. The highest BCUT2D eigenvalue weighted by molar-refractivity contribution is 14.1. The van der Waals surface area contributed by atoms with E-state index in [2.05, 4.69) is 22.6 Å². The van der Waals surface area contributed by atoms with Crippen molar-refractivity contribution in [1.29, 1.82) is 0 Å². The van der Waals surface area contributed by atoms with Crippen LogP contribution in [-0.2, 0) is 19.1 Å². The molecule has 0 aliphatic carbocycles. The molecule has 0 aliphatic heterocycles. The van der Waals surface area contributed by atoms with Gasteiger partial charge in [0.25, 0.3) is 0 Å². The third-order valence-electron chi connectivity index (χ3n) is 4.07. The fourth-order valence-corrected chi connectivity index (χ4v) is 3.24. The zero-order valence-corrected chi connectivity index (χ0v) is 19.7. The minimum atomic E-state index is -0.218. The van der Waals surface area contributed by atoms with Crippen LogP contribution in [0.25, 0.3) is 0 Å². The number of hydrogen-bond acceptors (Lipinski definition) is 6. The Labute approximate surface area is 187 Å². The number of ether oxygens (including phenoxy) is 4. The molecule has 0 amide bonds. The van der Waals surface area contributed by atoms with Gasteiger partial charge in [-0.1, -0.05) is 0 Å². The molecule has 0 unspecified atom stereocenters. The molecule has 0 bridgehead atoms. The molecule has 0 saturated heterocycles. The van der Waals surface area contributed by atoms with Crippen LogP contribution in [0.1, 0.15) is 65.2 Å². The molecule has 0 fully saturated rings. The number of carbonyl (C=O) groups is 2. The Morgan fingerprint density at radius 2 is 1.03 bits per heavy atom. The highest BCUT2D eigenvalue weighted by Crippen LogP contribution is 2.24. The highest BCUT2D eigenvalue weighted by Gasteiger charge is 2.03. The second-order valence-corrected chi connectivity index (χ2v) is 8.07. The summed E-state index contributed by atoms with van der Waals surface area (Å²) in [5.74, 6) is 1.22. The zero-order valence-electron chi connectivity index (χ0n) is 17.5. The SMILES string of the molecule is CC(=O)OCCCCCCOc1cc(I)cc(OCCCCCCOC(C)=O)c1. The molecule has 0 N–H and O–H groups in total. The standard InChI is InChI=1S/C22H33IO6/c1-18(24)26-11-7-3-5-9-13-28-21-15-20(23)16-22(17-21)29-14-10-6-4-8-12-27-19(2)25/h15-17H,3-14H2,1-2H3. The van der Waals surface area contributed by atoms with Crippen molar-refractivity contribution in [1.82, 2.24) is 0 Å². The van der Waals surface area contributed by atoms with Crippen LogP contribution in [0.2, 0.25) is 0 Å². The molecule has 29 heavy (non-hydrogen) atoms. The average molecular weight is 520 g/mol. The summed E-state index contributed by atoms with van der Waals surface area (Å²) >= 11 is 2.27. The summed E-state index contributed by atoms with van der Waals surface area (Å²) in [4.78, 5) is 21.4. The van der Waals surface area contributed by atoms with Crippen molar-refractivity contribution in [3.8, 4) is 11.5 Å². The first-order chi connectivity index (χ1) is 14.0. The van der Waals surface area contributed by atoms with E-state index in [0.29, 0.717) is 26.4 Å². The first-order valence-electron chi connectivity index (χ1n) is 10.3. The third-order valence-corrected chi connectivity index (χ3v) is 4.69. The Balaban J connectivity index is 2.14. The second kappa shape index (κ2) is 16.3. The van der Waals surface area contributed by atoms with Gasteiger partial charge in [0.05, 0.1) is 26.4 Å². The molecule has 164 valence electrons. The maximum Gasteiger partial charge on any atom is 0.302 e. The second-order valence-electron chi connectivity index (χ2n) is 6.83. The largest absolute Gasteiger partial charge is 0.493 e. The number of rotatable bonds is 16. The summed E-state index contributed by atoms with van der Waals surface area (Å²) in [7, 11) is 0. The molecule has 0 spiro atoms. The third kappa shape index (κ3) is 15.1. The minimum absolute atomic E-state index is 0.218. The molecule has 1 aromatic carbocycles. The molecule has 1 aromatic rings. The number of benzene rings is 1. The van der Waals surface area contributed by atoms with E-state index in [1.54, 1.807) is 0 Å². The van der Waals surface area contributed by atoms with Gasteiger partial charge < -0.3 is 18.9 Å². The van der Waals surface area contributed by atoms with Crippen molar-refractivity contribution in [2.45, 2.75) is 65.2 Å². The fourth-order valence-electron chi connectivity index (χ4n) is 2.63. The average Bonchev–Trinajstić information content (AvgIpc) is 2.65. The van der Waals surface area contributed by atoms with Gasteiger partial charge in [0.2, 0.25) is 0 Å². The Kier molecular flexibility index (Phi) is 14.4. The van der Waals surface area contributed by atoms with Gasteiger partial charge in [0.15, 0.2) is 0 Å². The van der Waals surface area contributed by atoms with E-state index in [4.69, 9.17) is 18.9 Å². The van der Waals surface area contributed by atoms with Crippen molar-refractivity contribution < 1.29 is 28.5 Å². The Bertz CT molecular complexity index is 557. The molecule has 0 atom stereocenters. The normalized spacial score (nSPS) is 10.4. The van der Waals surface area contributed by atoms with Gasteiger partial charge in [-0.05, 0) is 86.1 Å². The lowest BCUT2D eigenvalue weighted by molar-refractivity contribution is -0.142. The van der Waals surface area contributed by atoms with E-state index in [0.717, 1.165) is 66.4 Å².